The summed E-state index contributed by atoms with van der Waals surface area (Å²) in [5.74, 6) is 1.70. The van der Waals surface area contributed by atoms with Crippen molar-refractivity contribution in [3.8, 4) is 0 Å². The Kier molecular flexibility index (Phi) is 4.50. The van der Waals surface area contributed by atoms with Gasteiger partial charge in [-0.25, -0.2) is 0 Å². The Balaban J connectivity index is 1.88. The van der Waals surface area contributed by atoms with Crippen molar-refractivity contribution in [2.24, 2.45) is 5.73 Å². The van der Waals surface area contributed by atoms with Crippen molar-refractivity contribution in [3.63, 3.8) is 0 Å². The molecule has 0 spiro atoms. The molecule has 1 aromatic rings. The lowest BCUT2D eigenvalue weighted by molar-refractivity contribution is 0.0153. The van der Waals surface area contributed by atoms with Crippen LogP contribution in [0.1, 0.15) is 50.2 Å². The first-order valence-electron chi connectivity index (χ1n) is 6.43. The molecule has 0 radical (unpaired) electrons. The van der Waals surface area contributed by atoms with E-state index in [0.717, 1.165) is 31.7 Å². The standard InChI is InChI=1S/C12H21N3O2/c1-9(5-6-13)12-14-11(15-17-12)8-10-4-2-3-7-16-10/h9-10H,2-8,13H2,1H3. The molecule has 5 nitrogen and oxygen atoms in total. The van der Waals surface area contributed by atoms with Gasteiger partial charge < -0.3 is 15.0 Å². The van der Waals surface area contributed by atoms with Gasteiger partial charge in [0.15, 0.2) is 5.82 Å². The molecular formula is C12H21N3O2. The number of nitrogens with zero attached hydrogens (tertiary/aromatic N) is 2. The summed E-state index contributed by atoms with van der Waals surface area (Å²) in [6.07, 6.45) is 5.40. The zero-order valence-corrected chi connectivity index (χ0v) is 10.4. The summed E-state index contributed by atoms with van der Waals surface area (Å²) in [4.78, 5) is 4.41. The van der Waals surface area contributed by atoms with Crippen LogP contribution in [-0.2, 0) is 11.2 Å². The molecular weight excluding hydrogens is 218 g/mol. The van der Waals surface area contributed by atoms with E-state index in [1.807, 2.05) is 0 Å². The quantitative estimate of drug-likeness (QED) is 0.845. The van der Waals surface area contributed by atoms with Gasteiger partial charge in [-0.15, -0.1) is 0 Å². The molecule has 0 saturated carbocycles. The summed E-state index contributed by atoms with van der Waals surface area (Å²) < 4.78 is 10.9. The van der Waals surface area contributed by atoms with Crippen molar-refractivity contribution in [1.29, 1.82) is 0 Å². The van der Waals surface area contributed by atoms with Gasteiger partial charge in [0.2, 0.25) is 5.89 Å². The van der Waals surface area contributed by atoms with Crippen LogP contribution in [0.3, 0.4) is 0 Å². The second-order valence-corrected chi connectivity index (χ2v) is 4.72. The van der Waals surface area contributed by atoms with E-state index in [1.165, 1.54) is 12.8 Å². The van der Waals surface area contributed by atoms with Crippen molar-refractivity contribution in [3.05, 3.63) is 11.7 Å². The maximum atomic E-state index is 5.66. The summed E-state index contributed by atoms with van der Waals surface area (Å²) in [5.41, 5.74) is 5.51. The van der Waals surface area contributed by atoms with Gasteiger partial charge in [-0.2, -0.15) is 4.98 Å². The fourth-order valence-electron chi connectivity index (χ4n) is 2.10. The maximum Gasteiger partial charge on any atom is 0.229 e. The minimum atomic E-state index is 0.244. The van der Waals surface area contributed by atoms with Crippen LogP contribution in [0.15, 0.2) is 4.52 Å². The second kappa shape index (κ2) is 6.12. The molecule has 0 amide bonds. The lowest BCUT2D eigenvalue weighted by Crippen LogP contribution is -2.21. The van der Waals surface area contributed by atoms with E-state index in [2.05, 4.69) is 17.1 Å². The van der Waals surface area contributed by atoms with Crippen LogP contribution in [0, 0.1) is 0 Å². The molecule has 2 heterocycles. The van der Waals surface area contributed by atoms with Gasteiger partial charge in [0.1, 0.15) is 0 Å². The molecule has 1 saturated heterocycles. The fourth-order valence-corrected chi connectivity index (χ4v) is 2.10. The highest BCUT2D eigenvalue weighted by Crippen LogP contribution is 2.19. The van der Waals surface area contributed by atoms with Crippen LogP contribution in [0.25, 0.3) is 0 Å². The molecule has 96 valence electrons. The Labute approximate surface area is 102 Å². The SMILES string of the molecule is CC(CCN)c1nc(CC2CCCCO2)no1. The van der Waals surface area contributed by atoms with Crippen molar-refractivity contribution < 1.29 is 9.26 Å². The number of hydrogen-bond donors (Lipinski definition) is 1. The average molecular weight is 239 g/mol. The number of aromatic nitrogens is 2. The molecule has 2 atom stereocenters. The lowest BCUT2D eigenvalue weighted by atomic mass is 10.1. The number of hydrogen-bond acceptors (Lipinski definition) is 5. The van der Waals surface area contributed by atoms with E-state index in [0.29, 0.717) is 12.4 Å². The van der Waals surface area contributed by atoms with Crippen LogP contribution in [0.5, 0.6) is 0 Å². The van der Waals surface area contributed by atoms with Crippen LogP contribution in [0.2, 0.25) is 0 Å². The first kappa shape index (κ1) is 12.5. The topological polar surface area (TPSA) is 74.2 Å². The summed E-state index contributed by atoms with van der Waals surface area (Å²) in [6, 6.07) is 0. The van der Waals surface area contributed by atoms with E-state index in [1.54, 1.807) is 0 Å². The highest BCUT2D eigenvalue weighted by molar-refractivity contribution is 4.94. The zero-order chi connectivity index (χ0) is 12.1. The summed E-state index contributed by atoms with van der Waals surface area (Å²) in [5, 5.41) is 4.01. The Morgan fingerprint density at radius 1 is 1.47 bits per heavy atom. The normalized spacial score (nSPS) is 22.6. The monoisotopic (exact) mass is 239 g/mol. The van der Waals surface area contributed by atoms with E-state index >= 15 is 0 Å². The Morgan fingerprint density at radius 3 is 3.06 bits per heavy atom. The maximum absolute atomic E-state index is 5.66. The molecule has 1 aliphatic heterocycles. The van der Waals surface area contributed by atoms with E-state index in [-0.39, 0.29) is 12.0 Å². The van der Waals surface area contributed by atoms with Gasteiger partial charge in [-0.05, 0) is 32.2 Å². The molecule has 17 heavy (non-hydrogen) atoms. The molecule has 0 aromatic carbocycles. The number of nitrogens with two attached hydrogens (primary N) is 1. The minimum absolute atomic E-state index is 0.244. The highest BCUT2D eigenvalue weighted by Gasteiger charge is 2.19. The molecule has 2 N–H and O–H groups in total. The zero-order valence-electron chi connectivity index (χ0n) is 10.4. The van der Waals surface area contributed by atoms with Crippen LogP contribution >= 0.6 is 0 Å². The predicted octanol–water partition coefficient (Wildman–Crippen LogP) is 1.63. The van der Waals surface area contributed by atoms with Crippen LogP contribution < -0.4 is 5.73 Å². The molecule has 1 aliphatic rings. The molecule has 2 rings (SSSR count). The first-order chi connectivity index (χ1) is 8.29. The molecule has 1 fully saturated rings. The van der Waals surface area contributed by atoms with Crippen molar-refractivity contribution in [1.82, 2.24) is 10.1 Å². The third kappa shape index (κ3) is 3.51. The van der Waals surface area contributed by atoms with Gasteiger partial charge in [0.05, 0.1) is 6.10 Å². The third-order valence-corrected chi connectivity index (χ3v) is 3.19. The van der Waals surface area contributed by atoms with E-state index < -0.39 is 0 Å². The molecule has 2 unspecified atom stereocenters. The molecule has 0 bridgehead atoms. The smallest absolute Gasteiger partial charge is 0.229 e. The largest absolute Gasteiger partial charge is 0.378 e. The van der Waals surface area contributed by atoms with Crippen LogP contribution in [-0.4, -0.2) is 29.4 Å². The molecule has 0 aliphatic carbocycles. The lowest BCUT2D eigenvalue weighted by Gasteiger charge is -2.20. The first-order valence-corrected chi connectivity index (χ1v) is 6.43. The van der Waals surface area contributed by atoms with Gasteiger partial charge in [0, 0.05) is 18.9 Å². The van der Waals surface area contributed by atoms with Gasteiger partial charge in [-0.3, -0.25) is 0 Å². The Bertz CT molecular complexity index is 334. The second-order valence-electron chi connectivity index (χ2n) is 4.72. The van der Waals surface area contributed by atoms with Crippen molar-refractivity contribution in [2.75, 3.05) is 13.2 Å². The summed E-state index contributed by atoms with van der Waals surface area (Å²) in [7, 11) is 0. The Hall–Kier alpha value is -0.940. The van der Waals surface area contributed by atoms with Crippen LogP contribution in [0.4, 0.5) is 0 Å². The average Bonchev–Trinajstić information content (AvgIpc) is 2.79. The minimum Gasteiger partial charge on any atom is -0.378 e. The Morgan fingerprint density at radius 2 is 2.35 bits per heavy atom. The number of rotatable bonds is 5. The predicted molar refractivity (Wildman–Crippen MR) is 63.7 cm³/mol. The summed E-state index contributed by atoms with van der Waals surface area (Å²) in [6.45, 7) is 3.56. The van der Waals surface area contributed by atoms with Gasteiger partial charge >= 0.3 is 0 Å². The van der Waals surface area contributed by atoms with Gasteiger partial charge in [0.25, 0.3) is 0 Å². The summed E-state index contributed by atoms with van der Waals surface area (Å²) >= 11 is 0. The van der Waals surface area contributed by atoms with E-state index in [4.69, 9.17) is 15.0 Å². The van der Waals surface area contributed by atoms with Gasteiger partial charge in [-0.1, -0.05) is 12.1 Å². The van der Waals surface area contributed by atoms with Crippen molar-refractivity contribution in [2.45, 2.75) is 51.0 Å². The molecule has 5 heteroatoms. The van der Waals surface area contributed by atoms with Crippen molar-refractivity contribution >= 4 is 0 Å². The molecule has 1 aromatic heterocycles. The highest BCUT2D eigenvalue weighted by atomic mass is 16.5. The number of ether oxygens (including phenoxy) is 1. The van der Waals surface area contributed by atoms with E-state index in [9.17, 15) is 0 Å². The fraction of sp³-hybridized carbons (Fsp3) is 0.833. The third-order valence-electron chi connectivity index (χ3n) is 3.19.